The summed E-state index contributed by atoms with van der Waals surface area (Å²) in [6.45, 7) is 0. The monoisotopic (exact) mass is 434 g/mol. The molecule has 2 aromatic carbocycles. The fraction of sp³-hybridized carbons (Fsp3) is 0.0769. The molecule has 0 spiro atoms. The fourth-order valence-corrected chi connectivity index (χ4v) is 4.19. The first kappa shape index (κ1) is 16.1. The van der Waals surface area contributed by atoms with Gasteiger partial charge in [-0.15, -0.1) is 0 Å². The van der Waals surface area contributed by atoms with Gasteiger partial charge in [0.25, 0.3) is 10.0 Å². The Hall–Kier alpha value is -1.25. The number of hydrogen-bond donors (Lipinski definition) is 2. The van der Waals surface area contributed by atoms with Crippen LogP contribution in [0.25, 0.3) is 0 Å². The highest BCUT2D eigenvalue weighted by molar-refractivity contribution is 9.11. The molecule has 0 aliphatic heterocycles. The lowest BCUT2D eigenvalue weighted by Crippen LogP contribution is -2.14. The maximum absolute atomic E-state index is 12.5. The summed E-state index contributed by atoms with van der Waals surface area (Å²) in [7, 11) is -2.39. The number of hydrogen-bond acceptors (Lipinski definition) is 4. The standard InChI is InChI=1S/C13H12Br2N2O3S/c1-20-12-7-9(16)3-5-13(12)21(18,19)17-11-4-2-8(14)6-10(11)15/h2-7,17H,16H2,1H3. The summed E-state index contributed by atoms with van der Waals surface area (Å²) in [6.07, 6.45) is 0. The molecular weight excluding hydrogens is 424 g/mol. The molecule has 0 amide bonds. The number of sulfonamides is 1. The van der Waals surface area contributed by atoms with Crippen LogP contribution in [0.4, 0.5) is 11.4 Å². The number of rotatable bonds is 4. The number of anilines is 2. The third kappa shape index (κ3) is 3.69. The van der Waals surface area contributed by atoms with Crippen LogP contribution in [0.3, 0.4) is 0 Å². The summed E-state index contributed by atoms with van der Waals surface area (Å²) in [6, 6.07) is 9.51. The molecule has 0 atom stereocenters. The molecule has 8 heteroatoms. The number of ether oxygens (including phenoxy) is 1. The molecule has 3 N–H and O–H groups in total. The van der Waals surface area contributed by atoms with Crippen molar-refractivity contribution in [1.82, 2.24) is 0 Å². The minimum Gasteiger partial charge on any atom is -0.495 e. The molecule has 0 unspecified atom stereocenters. The summed E-state index contributed by atoms with van der Waals surface area (Å²) in [5.74, 6) is 0.190. The Kier molecular flexibility index (Phi) is 4.80. The molecule has 5 nitrogen and oxygen atoms in total. The second kappa shape index (κ2) is 6.25. The number of halogens is 2. The summed E-state index contributed by atoms with van der Waals surface area (Å²) in [5, 5.41) is 0. The van der Waals surface area contributed by atoms with Gasteiger partial charge < -0.3 is 10.5 Å². The van der Waals surface area contributed by atoms with E-state index < -0.39 is 10.0 Å². The minimum atomic E-state index is -3.78. The van der Waals surface area contributed by atoms with E-state index in [2.05, 4.69) is 36.6 Å². The zero-order valence-corrected chi connectivity index (χ0v) is 14.9. The van der Waals surface area contributed by atoms with Crippen LogP contribution in [0.15, 0.2) is 50.2 Å². The van der Waals surface area contributed by atoms with Crippen molar-refractivity contribution in [2.24, 2.45) is 0 Å². The van der Waals surface area contributed by atoms with Gasteiger partial charge in [-0.25, -0.2) is 8.42 Å². The van der Waals surface area contributed by atoms with E-state index in [9.17, 15) is 8.42 Å². The van der Waals surface area contributed by atoms with Gasteiger partial charge in [0.2, 0.25) is 0 Å². The van der Waals surface area contributed by atoms with Gasteiger partial charge in [-0.05, 0) is 46.3 Å². The molecule has 0 fully saturated rings. The molecular formula is C13H12Br2N2O3S. The van der Waals surface area contributed by atoms with E-state index in [1.54, 1.807) is 18.2 Å². The first-order valence-corrected chi connectivity index (χ1v) is 8.82. The molecule has 0 aromatic heterocycles. The van der Waals surface area contributed by atoms with E-state index in [4.69, 9.17) is 10.5 Å². The predicted octanol–water partition coefficient (Wildman–Crippen LogP) is 3.60. The first-order valence-electron chi connectivity index (χ1n) is 5.75. The van der Waals surface area contributed by atoms with Crippen LogP contribution in [0, 0.1) is 0 Å². The number of benzene rings is 2. The maximum Gasteiger partial charge on any atom is 0.265 e. The van der Waals surface area contributed by atoms with Crippen molar-refractivity contribution in [2.45, 2.75) is 4.90 Å². The molecule has 0 aliphatic rings. The third-order valence-corrected chi connectivity index (χ3v) is 5.21. The molecule has 0 aliphatic carbocycles. The van der Waals surface area contributed by atoms with E-state index in [0.717, 1.165) is 4.47 Å². The summed E-state index contributed by atoms with van der Waals surface area (Å²) in [5.41, 5.74) is 6.49. The largest absolute Gasteiger partial charge is 0.495 e. The Morgan fingerprint density at radius 3 is 2.48 bits per heavy atom. The Bertz CT molecular complexity index is 779. The third-order valence-electron chi connectivity index (χ3n) is 2.65. The van der Waals surface area contributed by atoms with Gasteiger partial charge in [0.05, 0.1) is 12.8 Å². The van der Waals surface area contributed by atoms with Crippen LogP contribution < -0.4 is 15.2 Å². The number of nitrogens with one attached hydrogen (secondary N) is 1. The zero-order valence-electron chi connectivity index (χ0n) is 10.9. The quantitative estimate of drug-likeness (QED) is 0.718. The van der Waals surface area contributed by atoms with Crippen LogP contribution in [0.2, 0.25) is 0 Å². The smallest absolute Gasteiger partial charge is 0.265 e. The SMILES string of the molecule is COc1cc(N)ccc1S(=O)(=O)Nc1ccc(Br)cc1Br. The molecule has 0 saturated carbocycles. The molecule has 21 heavy (non-hydrogen) atoms. The van der Waals surface area contributed by atoms with Crippen molar-refractivity contribution < 1.29 is 13.2 Å². The highest BCUT2D eigenvalue weighted by Crippen LogP contribution is 2.31. The molecule has 0 radical (unpaired) electrons. The second-order valence-corrected chi connectivity index (χ2v) is 7.56. The van der Waals surface area contributed by atoms with Crippen molar-refractivity contribution in [3.05, 3.63) is 45.3 Å². The van der Waals surface area contributed by atoms with E-state index in [-0.39, 0.29) is 10.6 Å². The van der Waals surface area contributed by atoms with Crippen LogP contribution >= 0.6 is 31.9 Å². The zero-order chi connectivity index (χ0) is 15.6. The van der Waals surface area contributed by atoms with E-state index >= 15 is 0 Å². The Labute approximate surface area is 139 Å². The van der Waals surface area contributed by atoms with Gasteiger partial charge in [-0.2, -0.15) is 0 Å². The Morgan fingerprint density at radius 2 is 1.86 bits per heavy atom. The van der Waals surface area contributed by atoms with Gasteiger partial charge in [0, 0.05) is 20.7 Å². The summed E-state index contributed by atoms with van der Waals surface area (Å²) >= 11 is 6.62. The van der Waals surface area contributed by atoms with E-state index in [0.29, 0.717) is 15.8 Å². The van der Waals surface area contributed by atoms with Gasteiger partial charge in [-0.3, -0.25) is 4.72 Å². The van der Waals surface area contributed by atoms with Crippen LogP contribution in [-0.4, -0.2) is 15.5 Å². The number of nitrogen functional groups attached to an aromatic ring is 1. The summed E-state index contributed by atoms with van der Waals surface area (Å²) in [4.78, 5) is 0.0222. The Balaban J connectivity index is 2.43. The van der Waals surface area contributed by atoms with Gasteiger partial charge in [-0.1, -0.05) is 15.9 Å². The number of nitrogens with two attached hydrogens (primary N) is 1. The van der Waals surface area contributed by atoms with Gasteiger partial charge in [0.1, 0.15) is 10.6 Å². The molecule has 2 aromatic rings. The van der Waals surface area contributed by atoms with Gasteiger partial charge in [0.15, 0.2) is 0 Å². The maximum atomic E-state index is 12.5. The van der Waals surface area contributed by atoms with Crippen LogP contribution in [-0.2, 0) is 10.0 Å². The molecule has 0 bridgehead atoms. The van der Waals surface area contributed by atoms with E-state index in [1.165, 1.54) is 25.3 Å². The minimum absolute atomic E-state index is 0.0222. The second-order valence-electron chi connectivity index (χ2n) is 4.14. The van der Waals surface area contributed by atoms with Crippen molar-refractivity contribution in [3.63, 3.8) is 0 Å². The number of methoxy groups -OCH3 is 1. The normalized spacial score (nSPS) is 11.2. The Morgan fingerprint density at radius 1 is 1.14 bits per heavy atom. The summed E-state index contributed by atoms with van der Waals surface area (Å²) < 4.78 is 34.0. The highest BCUT2D eigenvalue weighted by Gasteiger charge is 2.20. The first-order chi connectivity index (χ1) is 9.83. The molecule has 0 heterocycles. The molecule has 2 rings (SSSR count). The highest BCUT2D eigenvalue weighted by atomic mass is 79.9. The average Bonchev–Trinajstić information content (AvgIpc) is 2.41. The predicted molar refractivity (Wildman–Crippen MR) is 90.1 cm³/mol. The van der Waals surface area contributed by atoms with Crippen molar-refractivity contribution >= 4 is 53.3 Å². The molecule has 112 valence electrons. The molecule has 0 saturated heterocycles. The lowest BCUT2D eigenvalue weighted by atomic mass is 10.3. The van der Waals surface area contributed by atoms with Crippen molar-refractivity contribution in [1.29, 1.82) is 0 Å². The fourth-order valence-electron chi connectivity index (χ4n) is 1.68. The lowest BCUT2D eigenvalue weighted by Gasteiger charge is -2.13. The van der Waals surface area contributed by atoms with E-state index in [1.807, 2.05) is 0 Å². The van der Waals surface area contributed by atoms with Crippen molar-refractivity contribution in [3.8, 4) is 5.75 Å². The van der Waals surface area contributed by atoms with Gasteiger partial charge >= 0.3 is 0 Å². The topological polar surface area (TPSA) is 81.4 Å². The van der Waals surface area contributed by atoms with Crippen LogP contribution in [0.5, 0.6) is 5.75 Å². The van der Waals surface area contributed by atoms with Crippen LogP contribution in [0.1, 0.15) is 0 Å². The lowest BCUT2D eigenvalue weighted by molar-refractivity contribution is 0.403. The van der Waals surface area contributed by atoms with Crippen molar-refractivity contribution in [2.75, 3.05) is 17.6 Å². The average molecular weight is 436 g/mol.